The molecule has 0 radical (unpaired) electrons. The van der Waals surface area contributed by atoms with E-state index in [1.807, 2.05) is 65.0 Å². The van der Waals surface area contributed by atoms with Crippen LogP contribution in [0.3, 0.4) is 0 Å². The second kappa shape index (κ2) is 24.8. The molecule has 14 heteroatoms. The fourth-order valence-electron chi connectivity index (χ4n) is 6.83. The number of hydrogen-bond donors (Lipinski definition) is 7. The van der Waals surface area contributed by atoms with E-state index in [9.17, 15) is 34.5 Å². The molecule has 11 N–H and O–H groups in total. The summed E-state index contributed by atoms with van der Waals surface area (Å²) in [5.41, 5.74) is 27.3. The molecule has 59 heavy (non-hydrogen) atoms. The predicted octanol–water partition coefficient (Wildman–Crippen LogP) is 5.46. The minimum atomic E-state index is -0.988. The number of nitrogens with zero attached hydrogens (tertiary/aromatic N) is 2. The standard InChI is InChI=1S/C26H35N3O4.C19H29N3O4/c1-17(8-7-11-29-26(27)28)24(31)15-21(14-23-18(2)12-22(30)13-19(23)3)25(32)33-16-20-9-5-4-6-10-20;1-11(5-4-6-22-19(20)21)17(24)10-14(18(25)26)9-16-12(2)7-15(23)8-13(16)3/h4-6,9-10,12-13,17,21,30H,7-8,11,14-16H2,1-3H3,(H4,27,28,29);7-8,11,14,23H,4-6,9-10H2,1-3H3,(H,25,26)(H4,20,21,22)/t17-,21-;11-,14-/m11/s1. The van der Waals surface area contributed by atoms with Gasteiger partial charge in [-0.2, -0.15) is 0 Å². The molecule has 0 aliphatic carbocycles. The number of aromatic hydroxyl groups is 2. The van der Waals surface area contributed by atoms with Gasteiger partial charge in [0.2, 0.25) is 0 Å². The van der Waals surface area contributed by atoms with Crippen LogP contribution in [0.5, 0.6) is 11.5 Å². The highest BCUT2D eigenvalue weighted by atomic mass is 16.5. The lowest BCUT2D eigenvalue weighted by Crippen LogP contribution is -2.26. The van der Waals surface area contributed by atoms with Crippen LogP contribution in [0.25, 0.3) is 0 Å². The lowest BCUT2D eigenvalue weighted by Gasteiger charge is -2.20. The monoisotopic (exact) mass is 816 g/mol. The van der Waals surface area contributed by atoms with Gasteiger partial charge in [0, 0.05) is 37.8 Å². The Kier molecular flexibility index (Phi) is 20.7. The van der Waals surface area contributed by atoms with E-state index in [1.165, 1.54) is 0 Å². The molecule has 0 aliphatic heterocycles. The number of aliphatic carboxylic acids is 1. The van der Waals surface area contributed by atoms with E-state index in [0.717, 1.165) is 38.9 Å². The van der Waals surface area contributed by atoms with Gasteiger partial charge in [0.05, 0.1) is 11.8 Å². The van der Waals surface area contributed by atoms with E-state index in [2.05, 4.69) is 9.98 Å². The van der Waals surface area contributed by atoms with Gasteiger partial charge in [-0.3, -0.25) is 29.2 Å². The van der Waals surface area contributed by atoms with E-state index in [1.54, 1.807) is 31.2 Å². The molecule has 4 atom stereocenters. The highest BCUT2D eigenvalue weighted by molar-refractivity contribution is 5.86. The number of carboxylic acid groups (broad SMARTS) is 1. The molecule has 3 aromatic rings. The highest BCUT2D eigenvalue weighted by Gasteiger charge is 2.28. The van der Waals surface area contributed by atoms with Crippen LogP contribution in [-0.4, -0.2) is 63.8 Å². The number of nitrogens with two attached hydrogens (primary N) is 4. The predicted molar refractivity (Wildman–Crippen MR) is 231 cm³/mol. The Morgan fingerprint density at radius 2 is 1.03 bits per heavy atom. The number of phenolic OH excluding ortho intramolecular Hbond substituents is 2. The van der Waals surface area contributed by atoms with Crippen LogP contribution in [0.2, 0.25) is 0 Å². The summed E-state index contributed by atoms with van der Waals surface area (Å²) in [4.78, 5) is 57.8. The summed E-state index contributed by atoms with van der Waals surface area (Å²) in [6, 6.07) is 16.0. The van der Waals surface area contributed by atoms with Crippen molar-refractivity contribution in [1.82, 2.24) is 0 Å². The average Bonchev–Trinajstić information content (AvgIpc) is 3.15. The van der Waals surface area contributed by atoms with Gasteiger partial charge in [-0.05, 0) is 129 Å². The first kappa shape index (κ1) is 49.2. The van der Waals surface area contributed by atoms with Crippen molar-refractivity contribution in [1.29, 1.82) is 0 Å². The van der Waals surface area contributed by atoms with Crippen LogP contribution in [0.1, 0.15) is 91.3 Å². The molecular weight excluding hydrogens is 753 g/mol. The van der Waals surface area contributed by atoms with Gasteiger partial charge in [0.1, 0.15) is 29.7 Å². The molecule has 0 fully saturated rings. The second-order valence-corrected chi connectivity index (χ2v) is 15.4. The van der Waals surface area contributed by atoms with E-state index in [-0.39, 0.29) is 72.7 Å². The van der Waals surface area contributed by atoms with Gasteiger partial charge in [-0.15, -0.1) is 0 Å². The number of guanidine groups is 2. The molecule has 0 aliphatic rings. The number of Topliss-reactive ketones (excluding diaryl/α,β-unsaturated/α-hetero) is 2. The van der Waals surface area contributed by atoms with Crippen molar-refractivity contribution in [2.24, 2.45) is 56.6 Å². The van der Waals surface area contributed by atoms with Crippen LogP contribution in [0.15, 0.2) is 64.6 Å². The molecule has 14 nitrogen and oxygen atoms in total. The third-order valence-corrected chi connectivity index (χ3v) is 10.3. The molecule has 3 rings (SSSR count). The van der Waals surface area contributed by atoms with Crippen LogP contribution in [0, 0.1) is 51.4 Å². The molecule has 0 amide bonds. The summed E-state index contributed by atoms with van der Waals surface area (Å²) in [6.45, 7) is 12.2. The molecule has 0 saturated heterocycles. The molecule has 0 bridgehead atoms. The maximum absolute atomic E-state index is 13.0. The summed E-state index contributed by atoms with van der Waals surface area (Å²) in [6.07, 6.45) is 3.31. The largest absolute Gasteiger partial charge is 0.508 e. The smallest absolute Gasteiger partial charge is 0.310 e. The fourth-order valence-corrected chi connectivity index (χ4v) is 6.83. The fraction of sp³-hybridized carbons (Fsp3) is 0.467. The number of hydrogen-bond acceptors (Lipinski definition) is 9. The van der Waals surface area contributed by atoms with Crippen molar-refractivity contribution >= 4 is 35.4 Å². The van der Waals surface area contributed by atoms with Crippen LogP contribution >= 0.6 is 0 Å². The third kappa shape index (κ3) is 18.0. The zero-order chi connectivity index (χ0) is 44.2. The molecule has 0 aromatic heterocycles. The summed E-state index contributed by atoms with van der Waals surface area (Å²) in [5, 5.41) is 29.0. The lowest BCUT2D eigenvalue weighted by atomic mass is 9.86. The van der Waals surface area contributed by atoms with Crippen molar-refractivity contribution in [3.8, 4) is 11.5 Å². The Hall–Kier alpha value is -5.92. The number of carboxylic acids is 1. The number of rotatable bonds is 22. The highest BCUT2D eigenvalue weighted by Crippen LogP contribution is 2.28. The summed E-state index contributed by atoms with van der Waals surface area (Å²) in [5.74, 6) is -2.91. The van der Waals surface area contributed by atoms with Gasteiger partial charge in [0.25, 0.3) is 0 Å². The normalized spacial score (nSPS) is 12.8. The molecule has 0 saturated carbocycles. The zero-order valence-corrected chi connectivity index (χ0v) is 35.4. The molecule has 322 valence electrons. The minimum Gasteiger partial charge on any atom is -0.508 e. The van der Waals surface area contributed by atoms with Gasteiger partial charge in [-0.1, -0.05) is 44.2 Å². The molecule has 0 unspecified atom stereocenters. The number of ether oxygens (including phenoxy) is 1. The first-order valence-corrected chi connectivity index (χ1v) is 20.0. The zero-order valence-electron chi connectivity index (χ0n) is 35.4. The number of phenols is 2. The lowest BCUT2D eigenvalue weighted by molar-refractivity contribution is -0.151. The minimum absolute atomic E-state index is 0.00967. The van der Waals surface area contributed by atoms with Crippen molar-refractivity contribution in [2.45, 2.75) is 99.5 Å². The maximum atomic E-state index is 13.0. The van der Waals surface area contributed by atoms with Gasteiger partial charge >= 0.3 is 11.9 Å². The SMILES string of the molecule is Cc1cc(O)cc(C)c1C[C@H](CC(=O)[C@H](C)CCCN=C(N)N)C(=O)O.Cc1cc(O)cc(C)c1C[C@H](CC(=O)[C@H](C)CCCN=C(N)N)C(=O)OCc1ccccc1. The Morgan fingerprint density at radius 3 is 1.42 bits per heavy atom. The Morgan fingerprint density at radius 1 is 0.644 bits per heavy atom. The van der Waals surface area contributed by atoms with E-state index in [4.69, 9.17) is 27.7 Å². The van der Waals surface area contributed by atoms with Crippen molar-refractivity contribution in [3.05, 3.63) is 93.5 Å². The Balaban J connectivity index is 0.000000419. The van der Waals surface area contributed by atoms with Gasteiger partial charge in [-0.25, -0.2) is 0 Å². The number of aliphatic imine (C=N–C) groups is 2. The summed E-state index contributed by atoms with van der Waals surface area (Å²) in [7, 11) is 0. The van der Waals surface area contributed by atoms with E-state index < -0.39 is 23.8 Å². The van der Waals surface area contributed by atoms with Crippen molar-refractivity contribution in [3.63, 3.8) is 0 Å². The number of carbonyl (C=O) groups is 4. The quantitative estimate of drug-likeness (QED) is 0.0288. The number of ketones is 2. The van der Waals surface area contributed by atoms with Crippen LogP contribution < -0.4 is 22.9 Å². The van der Waals surface area contributed by atoms with Crippen LogP contribution in [-0.2, 0) is 43.4 Å². The molecular formula is C45H64N6O8. The maximum Gasteiger partial charge on any atom is 0.310 e. The Bertz CT molecular complexity index is 1880. The summed E-state index contributed by atoms with van der Waals surface area (Å²) >= 11 is 0. The average molecular weight is 817 g/mol. The van der Waals surface area contributed by atoms with Crippen molar-refractivity contribution in [2.75, 3.05) is 13.1 Å². The third-order valence-electron chi connectivity index (χ3n) is 10.3. The molecule has 3 aromatic carbocycles. The number of carbonyl (C=O) groups excluding carboxylic acids is 3. The summed E-state index contributed by atoms with van der Waals surface area (Å²) < 4.78 is 5.59. The first-order valence-electron chi connectivity index (χ1n) is 20.0. The molecule has 0 heterocycles. The van der Waals surface area contributed by atoms with Crippen LogP contribution in [0.4, 0.5) is 0 Å². The van der Waals surface area contributed by atoms with Gasteiger partial charge in [0.15, 0.2) is 11.9 Å². The van der Waals surface area contributed by atoms with Crippen molar-refractivity contribution < 1.29 is 39.2 Å². The topological polar surface area (TPSA) is 267 Å². The van der Waals surface area contributed by atoms with E-state index >= 15 is 0 Å². The number of aryl methyl sites for hydroxylation is 4. The number of benzene rings is 3. The second-order valence-electron chi connectivity index (χ2n) is 15.4. The Labute approximate surface area is 348 Å². The first-order chi connectivity index (χ1) is 27.8. The van der Waals surface area contributed by atoms with Gasteiger partial charge < -0.3 is 43.0 Å². The molecule has 0 spiro atoms. The number of esters is 1. The van der Waals surface area contributed by atoms with E-state index in [0.29, 0.717) is 45.2 Å².